The van der Waals surface area contributed by atoms with Crippen molar-refractivity contribution in [2.75, 3.05) is 7.11 Å². The summed E-state index contributed by atoms with van der Waals surface area (Å²) in [5, 5.41) is 6.82. The minimum absolute atomic E-state index is 0.118. The monoisotopic (exact) mass is 486 g/mol. The van der Waals surface area contributed by atoms with Crippen molar-refractivity contribution < 1.29 is 14.2 Å². The van der Waals surface area contributed by atoms with Gasteiger partial charge in [-0.2, -0.15) is 0 Å². The molecule has 0 unspecified atom stereocenters. The average Bonchev–Trinajstić information content (AvgIpc) is 3.39. The van der Waals surface area contributed by atoms with Gasteiger partial charge in [0.05, 0.1) is 12.7 Å². The smallest absolute Gasteiger partial charge is 0.228 e. The molecule has 0 bridgehead atoms. The van der Waals surface area contributed by atoms with Gasteiger partial charge in [0.15, 0.2) is 23.0 Å². The quantitative estimate of drug-likeness (QED) is 0.291. The fraction of sp³-hybridized carbons (Fsp3) is 0.100. The van der Waals surface area contributed by atoms with Gasteiger partial charge in [-0.15, -0.1) is 5.10 Å². The fourth-order valence-corrected chi connectivity index (χ4v) is 5.02. The molecule has 0 saturated carbocycles. The van der Waals surface area contributed by atoms with Crippen molar-refractivity contribution in [1.82, 2.24) is 19.6 Å². The number of methoxy groups -OCH3 is 1. The molecule has 7 heteroatoms. The summed E-state index contributed by atoms with van der Waals surface area (Å²) in [6.45, 7) is 0.189. The van der Waals surface area contributed by atoms with E-state index in [1.807, 2.05) is 42.5 Å². The third kappa shape index (κ3) is 3.55. The molecule has 1 aliphatic rings. The van der Waals surface area contributed by atoms with Crippen LogP contribution in [0.5, 0.6) is 23.1 Å². The first-order valence-electron chi connectivity index (χ1n) is 12.0. The van der Waals surface area contributed by atoms with Crippen LogP contribution in [-0.2, 0) is 6.61 Å². The van der Waals surface area contributed by atoms with Crippen LogP contribution in [0.25, 0.3) is 16.4 Å². The van der Waals surface area contributed by atoms with Crippen molar-refractivity contribution in [3.8, 4) is 23.1 Å². The SMILES string of the molecule is COc1ccccc1OCc1nc2c3c(ncn2n1)Oc1c(ccc2ccccc12)[C@@H]3c1ccccc1. The summed E-state index contributed by atoms with van der Waals surface area (Å²) in [7, 11) is 1.62. The summed E-state index contributed by atoms with van der Waals surface area (Å²) < 4.78 is 19.6. The standard InChI is InChI=1S/C30H22N4O3/c1-35-23-13-7-8-14-24(23)36-17-25-32-29-27-26(20-10-3-2-4-11-20)22-16-15-19-9-5-6-12-21(19)28(22)37-30(27)31-18-34(29)33-25/h2-16,18,26H,17H2,1H3/t26-/m0/s1. The number of hydrogen-bond donors (Lipinski definition) is 0. The molecule has 0 N–H and O–H groups in total. The van der Waals surface area contributed by atoms with Gasteiger partial charge in [0.2, 0.25) is 5.88 Å². The van der Waals surface area contributed by atoms with E-state index in [1.54, 1.807) is 18.0 Å². The average molecular weight is 487 g/mol. The van der Waals surface area contributed by atoms with Crippen molar-refractivity contribution in [2.24, 2.45) is 0 Å². The zero-order chi connectivity index (χ0) is 24.8. The van der Waals surface area contributed by atoms with Crippen LogP contribution in [-0.4, -0.2) is 26.7 Å². The van der Waals surface area contributed by atoms with E-state index in [9.17, 15) is 0 Å². The lowest BCUT2D eigenvalue weighted by Gasteiger charge is -2.28. The van der Waals surface area contributed by atoms with Crippen LogP contribution in [0.1, 0.15) is 28.4 Å². The lowest BCUT2D eigenvalue weighted by atomic mass is 9.83. The Morgan fingerprint density at radius 2 is 1.65 bits per heavy atom. The van der Waals surface area contributed by atoms with Gasteiger partial charge >= 0.3 is 0 Å². The number of benzene rings is 4. The summed E-state index contributed by atoms with van der Waals surface area (Å²) in [5.74, 6) is 3.08. The first-order chi connectivity index (χ1) is 18.3. The lowest BCUT2D eigenvalue weighted by Crippen LogP contribution is -2.15. The third-order valence-electron chi connectivity index (χ3n) is 6.70. The third-order valence-corrected chi connectivity index (χ3v) is 6.70. The van der Waals surface area contributed by atoms with Crippen LogP contribution >= 0.6 is 0 Å². The van der Waals surface area contributed by atoms with E-state index in [0.717, 1.165) is 33.2 Å². The van der Waals surface area contributed by atoms with Crippen molar-refractivity contribution in [2.45, 2.75) is 12.5 Å². The van der Waals surface area contributed by atoms with Gasteiger partial charge in [-0.25, -0.2) is 14.5 Å². The van der Waals surface area contributed by atoms with Crippen LogP contribution in [0.4, 0.5) is 0 Å². The van der Waals surface area contributed by atoms with E-state index in [-0.39, 0.29) is 12.5 Å². The second-order valence-corrected chi connectivity index (χ2v) is 8.85. The second kappa shape index (κ2) is 8.64. The Labute approximate surface area is 212 Å². The molecule has 3 heterocycles. The Balaban J connectivity index is 1.36. The molecule has 180 valence electrons. The van der Waals surface area contributed by atoms with Gasteiger partial charge in [0.25, 0.3) is 0 Å². The van der Waals surface area contributed by atoms with E-state index < -0.39 is 0 Å². The number of rotatable bonds is 5. The summed E-state index contributed by atoms with van der Waals surface area (Å²) >= 11 is 0. The number of aromatic nitrogens is 4. The molecule has 6 aromatic rings. The van der Waals surface area contributed by atoms with Crippen molar-refractivity contribution in [3.63, 3.8) is 0 Å². The van der Waals surface area contributed by atoms with Gasteiger partial charge in [0, 0.05) is 16.9 Å². The van der Waals surface area contributed by atoms with Gasteiger partial charge in [0.1, 0.15) is 18.7 Å². The summed E-state index contributed by atoms with van der Waals surface area (Å²) in [5.41, 5.74) is 3.78. The highest BCUT2D eigenvalue weighted by Gasteiger charge is 2.34. The van der Waals surface area contributed by atoms with Crippen molar-refractivity contribution >= 4 is 16.4 Å². The maximum atomic E-state index is 6.48. The predicted molar refractivity (Wildman–Crippen MR) is 140 cm³/mol. The largest absolute Gasteiger partial charge is 0.493 e. The molecule has 0 aliphatic carbocycles. The molecule has 37 heavy (non-hydrogen) atoms. The zero-order valence-corrected chi connectivity index (χ0v) is 20.0. The minimum atomic E-state index is -0.118. The van der Waals surface area contributed by atoms with Gasteiger partial charge < -0.3 is 14.2 Å². The molecular weight excluding hydrogens is 464 g/mol. The highest BCUT2D eigenvalue weighted by Crippen LogP contribution is 2.50. The molecule has 4 aromatic carbocycles. The van der Waals surface area contributed by atoms with Crippen LogP contribution < -0.4 is 14.2 Å². The first kappa shape index (κ1) is 21.4. The van der Waals surface area contributed by atoms with Crippen molar-refractivity contribution in [1.29, 1.82) is 0 Å². The van der Waals surface area contributed by atoms with E-state index in [4.69, 9.17) is 19.2 Å². The van der Waals surface area contributed by atoms with Crippen LogP contribution in [0.2, 0.25) is 0 Å². The number of fused-ring (bicyclic) bond motifs is 6. The summed E-state index contributed by atoms with van der Waals surface area (Å²) in [6.07, 6.45) is 1.64. The molecule has 0 fully saturated rings. The molecule has 0 saturated heterocycles. The van der Waals surface area contributed by atoms with E-state index in [0.29, 0.717) is 28.9 Å². The number of nitrogens with zero attached hydrogens (tertiary/aromatic N) is 4. The zero-order valence-electron chi connectivity index (χ0n) is 20.0. The highest BCUT2D eigenvalue weighted by molar-refractivity contribution is 5.91. The Morgan fingerprint density at radius 1 is 0.865 bits per heavy atom. The molecule has 0 radical (unpaired) electrons. The molecule has 7 nitrogen and oxygen atoms in total. The summed E-state index contributed by atoms with van der Waals surface area (Å²) in [6, 6.07) is 30.4. The maximum absolute atomic E-state index is 6.48. The van der Waals surface area contributed by atoms with Crippen LogP contribution in [0, 0.1) is 0 Å². The summed E-state index contributed by atoms with van der Waals surface area (Å²) in [4.78, 5) is 9.54. The highest BCUT2D eigenvalue weighted by atomic mass is 16.5. The molecule has 1 aliphatic heterocycles. The maximum Gasteiger partial charge on any atom is 0.228 e. The molecule has 1 atom stereocenters. The van der Waals surface area contributed by atoms with Gasteiger partial charge in [-0.1, -0.05) is 78.9 Å². The van der Waals surface area contributed by atoms with Gasteiger partial charge in [-0.3, -0.25) is 0 Å². The topological polar surface area (TPSA) is 70.8 Å². The Morgan fingerprint density at radius 3 is 2.51 bits per heavy atom. The number of para-hydroxylation sites is 2. The van der Waals surface area contributed by atoms with E-state index in [2.05, 4.69) is 58.6 Å². The predicted octanol–water partition coefficient (Wildman–Crippen LogP) is 6.15. The Kier molecular flexibility index (Phi) is 4.99. The Bertz CT molecular complexity index is 1760. The molecule has 2 aromatic heterocycles. The van der Waals surface area contributed by atoms with Gasteiger partial charge in [-0.05, 0) is 23.1 Å². The van der Waals surface area contributed by atoms with E-state index in [1.165, 1.54) is 0 Å². The van der Waals surface area contributed by atoms with Crippen LogP contribution in [0.3, 0.4) is 0 Å². The van der Waals surface area contributed by atoms with Crippen molar-refractivity contribution in [3.05, 3.63) is 120 Å². The van der Waals surface area contributed by atoms with Crippen LogP contribution in [0.15, 0.2) is 97.3 Å². The normalized spacial score (nSPS) is 14.1. The molecule has 0 spiro atoms. The van der Waals surface area contributed by atoms with E-state index >= 15 is 0 Å². The molecular formula is C30H22N4O3. The fourth-order valence-electron chi connectivity index (χ4n) is 5.02. The minimum Gasteiger partial charge on any atom is -0.493 e. The second-order valence-electron chi connectivity index (χ2n) is 8.85. The molecule has 7 rings (SSSR count). The molecule has 0 amide bonds. The number of hydrogen-bond acceptors (Lipinski definition) is 6. The Hall–Kier alpha value is -4.91. The number of ether oxygens (including phenoxy) is 3. The lowest BCUT2D eigenvalue weighted by molar-refractivity contribution is 0.276. The first-order valence-corrected chi connectivity index (χ1v) is 12.0.